The van der Waals surface area contributed by atoms with Crippen molar-refractivity contribution >= 4 is 31.5 Å². The molecule has 35 heavy (non-hydrogen) atoms. The second kappa shape index (κ2) is 8.60. The number of sulfone groups is 1. The van der Waals surface area contributed by atoms with Crippen molar-refractivity contribution in [1.29, 1.82) is 0 Å². The van der Waals surface area contributed by atoms with E-state index in [1.807, 2.05) is 0 Å². The van der Waals surface area contributed by atoms with Crippen molar-refractivity contribution in [3.8, 4) is 5.75 Å². The molecule has 8 nitrogen and oxygen atoms in total. The SMILES string of the molecule is CCS(=O)(=O)c1ccc(O)c(NC(=O)c2ccc(S(=O)(=O)N3C[C@@]4(C)C[C@H]3CC(C)(C)C4)cc2)c1. The van der Waals surface area contributed by atoms with Gasteiger partial charge < -0.3 is 10.4 Å². The van der Waals surface area contributed by atoms with Crippen LogP contribution in [0, 0.1) is 10.8 Å². The molecule has 2 aliphatic rings. The summed E-state index contributed by atoms with van der Waals surface area (Å²) in [5, 5.41) is 12.6. The second-order valence-electron chi connectivity index (χ2n) is 10.8. The highest BCUT2D eigenvalue weighted by molar-refractivity contribution is 7.91. The molecule has 1 amide bonds. The van der Waals surface area contributed by atoms with Crippen molar-refractivity contribution in [2.45, 2.75) is 62.8 Å². The van der Waals surface area contributed by atoms with Gasteiger partial charge in [-0.15, -0.1) is 0 Å². The first-order valence-electron chi connectivity index (χ1n) is 11.6. The van der Waals surface area contributed by atoms with Gasteiger partial charge in [0.25, 0.3) is 5.91 Å². The van der Waals surface area contributed by atoms with Crippen molar-refractivity contribution in [1.82, 2.24) is 4.31 Å². The molecule has 1 heterocycles. The number of benzene rings is 2. The topological polar surface area (TPSA) is 121 Å². The van der Waals surface area contributed by atoms with Crippen molar-refractivity contribution in [3.63, 3.8) is 0 Å². The molecule has 0 radical (unpaired) electrons. The summed E-state index contributed by atoms with van der Waals surface area (Å²) in [5.74, 6) is -0.985. The number of amides is 1. The van der Waals surface area contributed by atoms with Crippen LogP contribution in [0.2, 0.25) is 0 Å². The summed E-state index contributed by atoms with van der Waals surface area (Å²) in [7, 11) is -7.24. The largest absolute Gasteiger partial charge is 0.506 e. The van der Waals surface area contributed by atoms with Crippen LogP contribution >= 0.6 is 0 Å². The highest BCUT2D eigenvalue weighted by atomic mass is 32.2. The summed E-state index contributed by atoms with van der Waals surface area (Å²) in [5.41, 5.74) is 0.186. The number of carbonyl (C=O) groups excluding carboxylic acids is 1. The number of sulfonamides is 1. The number of rotatable bonds is 6. The number of anilines is 1. The first-order chi connectivity index (χ1) is 16.2. The van der Waals surface area contributed by atoms with Gasteiger partial charge in [0, 0.05) is 18.2 Å². The molecule has 1 saturated heterocycles. The molecule has 0 spiro atoms. The van der Waals surface area contributed by atoms with Crippen molar-refractivity contribution in [3.05, 3.63) is 48.0 Å². The standard InChI is InChI=1S/C25H32N2O6S2/c1-5-34(30,31)20-10-11-22(28)21(12-20)26-23(29)17-6-8-19(9-7-17)35(32,33)27-16-25(4)14-18(27)13-24(2,3)15-25/h6-12,18,28H,5,13-16H2,1-4H3,(H,26,29)/t18-,25+/m1/s1. The van der Waals surface area contributed by atoms with Gasteiger partial charge in [0.05, 0.1) is 21.2 Å². The molecule has 1 saturated carbocycles. The van der Waals surface area contributed by atoms with Gasteiger partial charge in [-0.25, -0.2) is 16.8 Å². The normalized spacial score (nSPS) is 24.3. The van der Waals surface area contributed by atoms with Crippen LogP contribution in [-0.2, 0) is 19.9 Å². The van der Waals surface area contributed by atoms with E-state index >= 15 is 0 Å². The number of aromatic hydroxyl groups is 1. The van der Waals surface area contributed by atoms with E-state index in [9.17, 15) is 26.7 Å². The Hall–Kier alpha value is -2.43. The monoisotopic (exact) mass is 520 g/mol. The Kier molecular flexibility index (Phi) is 6.30. The molecule has 1 aliphatic carbocycles. The summed E-state index contributed by atoms with van der Waals surface area (Å²) in [6.45, 7) is 8.52. The Balaban J connectivity index is 1.54. The fraction of sp³-hybridized carbons (Fsp3) is 0.480. The predicted octanol–water partition coefficient (Wildman–Crippen LogP) is 4.03. The lowest BCUT2D eigenvalue weighted by Gasteiger charge is -2.39. The average molecular weight is 521 g/mol. The summed E-state index contributed by atoms with van der Waals surface area (Å²) in [4.78, 5) is 12.9. The fourth-order valence-corrected chi connectivity index (χ4v) is 8.45. The lowest BCUT2D eigenvalue weighted by molar-refractivity contribution is 0.102. The lowest BCUT2D eigenvalue weighted by atomic mass is 9.65. The van der Waals surface area contributed by atoms with Gasteiger partial charge in [0.2, 0.25) is 10.0 Å². The zero-order valence-electron chi connectivity index (χ0n) is 20.4. The molecule has 4 rings (SSSR count). The third-order valence-corrected chi connectivity index (χ3v) is 10.7. The molecule has 2 atom stereocenters. The summed E-state index contributed by atoms with van der Waals surface area (Å²) >= 11 is 0. The van der Waals surface area contributed by atoms with E-state index in [1.165, 1.54) is 49.4 Å². The van der Waals surface area contributed by atoms with Gasteiger partial charge in [0.15, 0.2) is 9.84 Å². The minimum absolute atomic E-state index is 0.0118. The Morgan fingerprint density at radius 2 is 1.66 bits per heavy atom. The van der Waals surface area contributed by atoms with E-state index in [2.05, 4.69) is 26.1 Å². The second-order valence-corrected chi connectivity index (χ2v) is 15.0. The molecule has 190 valence electrons. The Labute approximate surface area is 207 Å². The maximum absolute atomic E-state index is 13.4. The number of fused-ring (bicyclic) bond motifs is 2. The molecule has 2 fully saturated rings. The maximum atomic E-state index is 13.4. The smallest absolute Gasteiger partial charge is 0.255 e. The van der Waals surface area contributed by atoms with Crippen LogP contribution in [0.25, 0.3) is 0 Å². The number of phenols is 1. The minimum atomic E-state index is -3.72. The predicted molar refractivity (Wildman–Crippen MR) is 134 cm³/mol. The third-order valence-electron chi connectivity index (χ3n) is 7.05. The van der Waals surface area contributed by atoms with Gasteiger partial charge in [0.1, 0.15) is 5.75 Å². The first-order valence-corrected chi connectivity index (χ1v) is 14.7. The molecule has 2 aromatic carbocycles. The Morgan fingerprint density at radius 3 is 2.29 bits per heavy atom. The highest BCUT2D eigenvalue weighted by Crippen LogP contribution is 2.53. The number of nitrogens with zero attached hydrogens (tertiary/aromatic N) is 1. The summed E-state index contributed by atoms with van der Waals surface area (Å²) in [6, 6.07) is 9.32. The van der Waals surface area contributed by atoms with Crippen LogP contribution in [0.15, 0.2) is 52.3 Å². The zero-order valence-corrected chi connectivity index (χ0v) is 22.0. The van der Waals surface area contributed by atoms with Gasteiger partial charge in [-0.3, -0.25) is 4.79 Å². The van der Waals surface area contributed by atoms with Gasteiger partial charge in [-0.1, -0.05) is 27.7 Å². The van der Waals surface area contributed by atoms with E-state index in [0.717, 1.165) is 19.3 Å². The molecule has 0 unspecified atom stereocenters. The molecule has 1 aliphatic heterocycles. The fourth-order valence-electron chi connectivity index (χ4n) is 5.77. The molecular weight excluding hydrogens is 488 g/mol. The van der Waals surface area contributed by atoms with Crippen LogP contribution in [0.4, 0.5) is 5.69 Å². The number of hydrogen-bond acceptors (Lipinski definition) is 6. The Bertz CT molecular complexity index is 1370. The third kappa shape index (κ3) is 4.96. The number of phenolic OH excluding ortho intramolecular Hbond substituents is 1. The molecule has 2 aromatic rings. The molecule has 2 bridgehead atoms. The highest BCUT2D eigenvalue weighted by Gasteiger charge is 2.53. The Morgan fingerprint density at radius 1 is 1.03 bits per heavy atom. The van der Waals surface area contributed by atoms with Crippen LogP contribution < -0.4 is 5.32 Å². The zero-order chi connectivity index (χ0) is 25.8. The van der Waals surface area contributed by atoms with Crippen molar-refractivity contribution < 1.29 is 26.7 Å². The number of carbonyl (C=O) groups is 1. The van der Waals surface area contributed by atoms with Crippen LogP contribution in [0.1, 0.15) is 57.3 Å². The maximum Gasteiger partial charge on any atom is 0.255 e. The number of nitrogens with one attached hydrogen (secondary N) is 1. The van der Waals surface area contributed by atoms with Crippen molar-refractivity contribution in [2.75, 3.05) is 17.6 Å². The minimum Gasteiger partial charge on any atom is -0.506 e. The quantitative estimate of drug-likeness (QED) is 0.555. The van der Waals surface area contributed by atoms with Gasteiger partial charge >= 0.3 is 0 Å². The number of hydrogen-bond donors (Lipinski definition) is 2. The molecule has 10 heteroatoms. The molecule has 0 aromatic heterocycles. The lowest BCUT2D eigenvalue weighted by Crippen LogP contribution is -2.37. The van der Waals surface area contributed by atoms with E-state index in [1.54, 1.807) is 4.31 Å². The van der Waals surface area contributed by atoms with Crippen LogP contribution in [0.5, 0.6) is 5.75 Å². The summed E-state index contributed by atoms with van der Waals surface area (Å²) < 4.78 is 52.8. The van der Waals surface area contributed by atoms with E-state index in [-0.39, 0.29) is 49.4 Å². The average Bonchev–Trinajstić information content (AvgIpc) is 3.04. The van der Waals surface area contributed by atoms with E-state index in [4.69, 9.17) is 0 Å². The van der Waals surface area contributed by atoms with Gasteiger partial charge in [-0.05, 0) is 72.6 Å². The molecular formula is C25H32N2O6S2. The van der Waals surface area contributed by atoms with Crippen LogP contribution in [-0.4, -0.2) is 50.5 Å². The van der Waals surface area contributed by atoms with Gasteiger partial charge in [-0.2, -0.15) is 4.31 Å². The van der Waals surface area contributed by atoms with E-state index in [0.29, 0.717) is 6.54 Å². The molecule has 2 N–H and O–H groups in total. The summed E-state index contributed by atoms with van der Waals surface area (Å²) in [6.07, 6.45) is 2.65. The van der Waals surface area contributed by atoms with Crippen molar-refractivity contribution in [2.24, 2.45) is 10.8 Å². The van der Waals surface area contributed by atoms with Crippen LogP contribution in [0.3, 0.4) is 0 Å². The van der Waals surface area contributed by atoms with E-state index < -0.39 is 25.8 Å². The first kappa shape index (κ1) is 25.7.